The van der Waals surface area contributed by atoms with Gasteiger partial charge in [0.15, 0.2) is 5.65 Å². The van der Waals surface area contributed by atoms with Crippen LogP contribution in [0.4, 0.5) is 5.69 Å². The van der Waals surface area contributed by atoms with Crippen molar-refractivity contribution in [3.8, 4) is 0 Å². The molecule has 21 heavy (non-hydrogen) atoms. The fourth-order valence-electron chi connectivity index (χ4n) is 2.43. The number of aromatic nitrogens is 3. The van der Waals surface area contributed by atoms with Gasteiger partial charge in [0.2, 0.25) is 0 Å². The molecular formula is C15H16N4OS. The molecule has 3 aromatic rings. The summed E-state index contributed by atoms with van der Waals surface area (Å²) in [5.74, 6) is -0.0976. The average molecular weight is 300 g/mol. The number of anilines is 1. The maximum absolute atomic E-state index is 12.3. The molecule has 6 heteroatoms. The van der Waals surface area contributed by atoms with Gasteiger partial charge in [-0.2, -0.15) is 5.10 Å². The van der Waals surface area contributed by atoms with Gasteiger partial charge in [0.05, 0.1) is 23.1 Å². The molecule has 3 heterocycles. The summed E-state index contributed by atoms with van der Waals surface area (Å²) in [4.78, 5) is 18.8. The Labute approximate surface area is 126 Å². The highest BCUT2D eigenvalue weighted by atomic mass is 32.1. The Balaban J connectivity index is 1.93. The topological polar surface area (TPSA) is 59.8 Å². The third-order valence-electron chi connectivity index (χ3n) is 3.41. The van der Waals surface area contributed by atoms with Crippen LogP contribution in [0.1, 0.15) is 25.8 Å². The van der Waals surface area contributed by atoms with Crippen molar-refractivity contribution < 1.29 is 4.79 Å². The van der Waals surface area contributed by atoms with E-state index in [0.717, 1.165) is 32.0 Å². The lowest BCUT2D eigenvalue weighted by atomic mass is 10.2. The molecule has 0 aliphatic heterocycles. The molecule has 3 aromatic heterocycles. The molecule has 108 valence electrons. The number of nitrogens with one attached hydrogen (secondary N) is 1. The van der Waals surface area contributed by atoms with Crippen LogP contribution in [-0.2, 0) is 7.05 Å². The maximum atomic E-state index is 12.3. The van der Waals surface area contributed by atoms with E-state index in [1.807, 2.05) is 40.0 Å². The summed E-state index contributed by atoms with van der Waals surface area (Å²) in [6.07, 6.45) is 1.66. The number of carbonyl (C=O) groups excluding carboxylic acids is 1. The Morgan fingerprint density at radius 2 is 2.05 bits per heavy atom. The van der Waals surface area contributed by atoms with E-state index in [9.17, 15) is 4.79 Å². The molecule has 0 radical (unpaired) electrons. The van der Waals surface area contributed by atoms with Crippen molar-refractivity contribution in [3.63, 3.8) is 0 Å². The average Bonchev–Trinajstić information content (AvgIpc) is 2.90. The number of carbonyl (C=O) groups is 1. The first-order chi connectivity index (χ1) is 9.95. The van der Waals surface area contributed by atoms with Crippen molar-refractivity contribution in [1.29, 1.82) is 0 Å². The van der Waals surface area contributed by atoms with Crippen LogP contribution in [0, 0.1) is 20.8 Å². The zero-order valence-corrected chi connectivity index (χ0v) is 13.2. The number of aryl methyl sites for hydroxylation is 4. The SMILES string of the molecule is Cc1cc(C(=O)Nc2cnc3c(c2)c(C)nn3C)c(C)s1. The summed E-state index contributed by atoms with van der Waals surface area (Å²) >= 11 is 1.63. The van der Waals surface area contributed by atoms with E-state index in [1.165, 1.54) is 0 Å². The van der Waals surface area contributed by atoms with Crippen LogP contribution in [0.2, 0.25) is 0 Å². The summed E-state index contributed by atoms with van der Waals surface area (Å²) in [6, 6.07) is 3.83. The predicted octanol–water partition coefficient (Wildman–Crippen LogP) is 3.21. The lowest BCUT2D eigenvalue weighted by Crippen LogP contribution is -2.12. The van der Waals surface area contributed by atoms with Crippen LogP contribution in [0.5, 0.6) is 0 Å². The lowest BCUT2D eigenvalue weighted by molar-refractivity contribution is 0.102. The molecule has 0 saturated heterocycles. The van der Waals surface area contributed by atoms with E-state index >= 15 is 0 Å². The van der Waals surface area contributed by atoms with E-state index in [4.69, 9.17) is 0 Å². The Morgan fingerprint density at radius 3 is 2.71 bits per heavy atom. The number of rotatable bonds is 2. The molecule has 0 aliphatic carbocycles. The minimum atomic E-state index is -0.0976. The molecule has 0 fully saturated rings. The first-order valence-electron chi connectivity index (χ1n) is 6.63. The molecular weight excluding hydrogens is 284 g/mol. The van der Waals surface area contributed by atoms with Gasteiger partial charge in [-0.05, 0) is 32.9 Å². The van der Waals surface area contributed by atoms with Crippen LogP contribution in [0.3, 0.4) is 0 Å². The molecule has 0 spiro atoms. The Kier molecular flexibility index (Phi) is 3.25. The highest BCUT2D eigenvalue weighted by Crippen LogP contribution is 2.23. The van der Waals surface area contributed by atoms with Gasteiger partial charge >= 0.3 is 0 Å². The predicted molar refractivity (Wildman–Crippen MR) is 85.0 cm³/mol. The Bertz CT molecular complexity index is 847. The lowest BCUT2D eigenvalue weighted by Gasteiger charge is -2.04. The molecule has 5 nitrogen and oxygen atoms in total. The van der Waals surface area contributed by atoms with E-state index in [1.54, 1.807) is 22.2 Å². The molecule has 1 N–H and O–H groups in total. The van der Waals surface area contributed by atoms with Crippen molar-refractivity contribution in [3.05, 3.63) is 39.3 Å². The molecule has 0 aliphatic rings. The van der Waals surface area contributed by atoms with E-state index in [-0.39, 0.29) is 5.91 Å². The minimum absolute atomic E-state index is 0.0976. The zero-order chi connectivity index (χ0) is 15.1. The van der Waals surface area contributed by atoms with Crippen molar-refractivity contribution >= 4 is 34.0 Å². The molecule has 0 unspecified atom stereocenters. The molecule has 0 aromatic carbocycles. The van der Waals surface area contributed by atoms with Crippen molar-refractivity contribution in [2.75, 3.05) is 5.32 Å². The van der Waals surface area contributed by atoms with Crippen LogP contribution in [-0.4, -0.2) is 20.7 Å². The second kappa shape index (κ2) is 4.96. The van der Waals surface area contributed by atoms with Gasteiger partial charge in [0.1, 0.15) is 0 Å². The summed E-state index contributed by atoms with van der Waals surface area (Å²) in [6.45, 7) is 5.89. The summed E-state index contributed by atoms with van der Waals surface area (Å²) in [5, 5.41) is 8.19. The smallest absolute Gasteiger partial charge is 0.256 e. The van der Waals surface area contributed by atoms with Crippen molar-refractivity contribution in [1.82, 2.24) is 14.8 Å². The van der Waals surface area contributed by atoms with Crippen molar-refractivity contribution in [2.45, 2.75) is 20.8 Å². The standard InChI is InChI=1S/C15H16N4OS/c1-8-5-13(10(3)21-8)15(20)17-11-6-12-9(2)18-19(4)14(12)16-7-11/h5-7H,1-4H3,(H,17,20). The number of amides is 1. The number of pyridine rings is 1. The van der Waals surface area contributed by atoms with Gasteiger partial charge in [-0.3, -0.25) is 9.48 Å². The molecule has 0 saturated carbocycles. The Morgan fingerprint density at radius 1 is 1.29 bits per heavy atom. The first kappa shape index (κ1) is 13.8. The van der Waals surface area contributed by atoms with Crippen LogP contribution in [0.15, 0.2) is 18.3 Å². The summed E-state index contributed by atoms with van der Waals surface area (Å²) in [5.41, 5.74) is 3.12. The van der Waals surface area contributed by atoms with E-state index in [2.05, 4.69) is 15.4 Å². The van der Waals surface area contributed by atoms with Gasteiger partial charge in [0.25, 0.3) is 5.91 Å². The zero-order valence-electron chi connectivity index (χ0n) is 12.4. The summed E-state index contributed by atoms with van der Waals surface area (Å²) < 4.78 is 1.74. The van der Waals surface area contributed by atoms with Gasteiger partial charge in [-0.15, -0.1) is 11.3 Å². The first-order valence-corrected chi connectivity index (χ1v) is 7.45. The van der Waals surface area contributed by atoms with Gasteiger partial charge in [-0.1, -0.05) is 0 Å². The third kappa shape index (κ3) is 2.42. The van der Waals surface area contributed by atoms with Crippen LogP contribution < -0.4 is 5.32 Å². The number of hydrogen-bond donors (Lipinski definition) is 1. The van der Waals surface area contributed by atoms with E-state index in [0.29, 0.717) is 5.69 Å². The normalized spacial score (nSPS) is 11.0. The summed E-state index contributed by atoms with van der Waals surface area (Å²) in [7, 11) is 1.86. The van der Waals surface area contributed by atoms with Crippen LogP contribution in [0.25, 0.3) is 11.0 Å². The highest BCUT2D eigenvalue weighted by molar-refractivity contribution is 7.12. The van der Waals surface area contributed by atoms with E-state index < -0.39 is 0 Å². The number of thiophene rings is 1. The van der Waals surface area contributed by atoms with Crippen molar-refractivity contribution in [2.24, 2.45) is 7.05 Å². The largest absolute Gasteiger partial charge is 0.321 e. The second-order valence-electron chi connectivity index (χ2n) is 5.09. The highest BCUT2D eigenvalue weighted by Gasteiger charge is 2.13. The fraction of sp³-hybridized carbons (Fsp3) is 0.267. The third-order valence-corrected chi connectivity index (χ3v) is 4.37. The van der Waals surface area contributed by atoms with Gasteiger partial charge < -0.3 is 5.32 Å². The molecule has 3 rings (SSSR count). The van der Waals surface area contributed by atoms with Gasteiger partial charge in [0, 0.05) is 22.2 Å². The monoisotopic (exact) mass is 300 g/mol. The number of hydrogen-bond acceptors (Lipinski definition) is 4. The molecule has 0 atom stereocenters. The van der Waals surface area contributed by atoms with Crippen LogP contribution >= 0.6 is 11.3 Å². The molecule has 1 amide bonds. The number of fused-ring (bicyclic) bond motifs is 1. The minimum Gasteiger partial charge on any atom is -0.321 e. The Hall–Kier alpha value is -2.21. The van der Waals surface area contributed by atoms with Gasteiger partial charge in [-0.25, -0.2) is 4.98 Å². The quantitative estimate of drug-likeness (QED) is 0.790. The molecule has 0 bridgehead atoms. The fourth-order valence-corrected chi connectivity index (χ4v) is 3.35. The maximum Gasteiger partial charge on any atom is 0.256 e. The second-order valence-corrected chi connectivity index (χ2v) is 6.55. The number of nitrogens with zero attached hydrogens (tertiary/aromatic N) is 3.